The van der Waals surface area contributed by atoms with E-state index in [9.17, 15) is 4.57 Å². The third-order valence-corrected chi connectivity index (χ3v) is 2.62. The van der Waals surface area contributed by atoms with Crippen molar-refractivity contribution in [3.05, 3.63) is 5.20 Å². The average molecular weight is 195 g/mol. The van der Waals surface area contributed by atoms with Gasteiger partial charge in [0, 0.05) is 0 Å². The van der Waals surface area contributed by atoms with E-state index in [0.717, 1.165) is 0 Å². The third kappa shape index (κ3) is 4.85. The average Bonchev–Trinajstić information content (AvgIpc) is 1.85. The lowest BCUT2D eigenvalue weighted by Gasteiger charge is -2.35. The van der Waals surface area contributed by atoms with Gasteiger partial charge in [-0.2, -0.15) is 0 Å². The van der Waals surface area contributed by atoms with Crippen LogP contribution in [0, 0.1) is 0 Å². The summed E-state index contributed by atoms with van der Waals surface area (Å²) in [7, 11) is 0.118. The summed E-state index contributed by atoms with van der Waals surface area (Å²) in [6, 6.07) is 0. The van der Waals surface area contributed by atoms with Crippen molar-refractivity contribution in [2.24, 2.45) is 0 Å². The van der Waals surface area contributed by atoms with Gasteiger partial charge in [0.05, 0.1) is 13.2 Å². The van der Waals surface area contributed by atoms with E-state index in [0.29, 0.717) is 13.2 Å². The fraction of sp³-hybridized carbons (Fsp3) is 1.00. The van der Waals surface area contributed by atoms with Gasteiger partial charge in [-0.1, -0.05) is 0 Å². The van der Waals surface area contributed by atoms with E-state index >= 15 is 0 Å². The highest BCUT2D eigenvalue weighted by Crippen LogP contribution is 2.54. The summed E-state index contributed by atoms with van der Waals surface area (Å²) in [5, 5.41) is 5.16. The molecular weight excluding hydrogens is 179 g/mol. The fourth-order valence-electron chi connectivity index (χ4n) is 0.634. The van der Waals surface area contributed by atoms with Gasteiger partial charge >= 0.3 is 0 Å². The lowest BCUT2D eigenvalue weighted by Crippen LogP contribution is -2.07. The van der Waals surface area contributed by atoms with Crippen LogP contribution < -0.4 is 0 Å². The normalized spacial score (nSPS) is 12.4. The van der Waals surface area contributed by atoms with Crippen LogP contribution in [0.1, 0.15) is 13.8 Å². The molecule has 0 heterocycles. The van der Waals surface area contributed by atoms with Gasteiger partial charge in [0.1, 0.15) is 0 Å². The van der Waals surface area contributed by atoms with Gasteiger partial charge in [-0.3, -0.25) is 4.57 Å². The molecule has 0 aliphatic rings. The largest absolute Gasteiger partial charge is 0.488 e. The summed E-state index contributed by atoms with van der Waals surface area (Å²) >= 11 is 0. The molecule has 0 spiro atoms. The second kappa shape index (κ2) is 5.67. The van der Waals surface area contributed by atoms with Crippen LogP contribution in [0.3, 0.4) is 0 Å². The Kier molecular flexibility index (Phi) is 5.70. The summed E-state index contributed by atoms with van der Waals surface area (Å²) in [5.41, 5.74) is 0. The highest BCUT2D eigenvalue weighted by molar-refractivity contribution is 7.56. The van der Waals surface area contributed by atoms with Crippen LogP contribution in [-0.2, 0) is 13.6 Å². The molecule has 0 aliphatic carbocycles. The maximum Gasteiger partial charge on any atom is 0.253 e. The number of nitrogens with zero attached hydrogens (tertiary/aromatic N) is 2. The molecule has 12 heavy (non-hydrogen) atoms. The molecule has 0 bridgehead atoms. The molecule has 0 aromatic carbocycles. The first-order chi connectivity index (χ1) is 5.54. The monoisotopic (exact) mass is 195 g/mol. The summed E-state index contributed by atoms with van der Waals surface area (Å²) in [4.78, 5) is 0. The van der Waals surface area contributed by atoms with Crippen molar-refractivity contribution < 1.29 is 13.6 Å². The molecule has 5 nitrogen and oxygen atoms in total. The van der Waals surface area contributed by atoms with Crippen molar-refractivity contribution in [3.63, 3.8) is 0 Å². The molecule has 0 saturated carbocycles. The Hall–Kier alpha value is 0.0700. The smallest absolute Gasteiger partial charge is 0.253 e. The van der Waals surface area contributed by atoms with Crippen molar-refractivity contribution in [3.8, 4) is 0 Å². The molecule has 0 saturated heterocycles. The highest BCUT2D eigenvalue weighted by atomic mass is 31.2. The minimum atomic E-state index is -3.22. The maximum atomic E-state index is 11.6. The third-order valence-electron chi connectivity index (χ3n) is 0.873. The molecule has 0 aromatic rings. The van der Waals surface area contributed by atoms with Crippen LogP contribution in [0.4, 0.5) is 0 Å². The standard InChI is InChI=1S/C6H16N2O3P/c1-5-10-12(9,11-6-2)7-8(3)4/h5-6H2,1-4H3/q-1. The fourth-order valence-corrected chi connectivity index (χ4v) is 1.90. The van der Waals surface area contributed by atoms with Gasteiger partial charge in [-0.15, -0.1) is 0 Å². The van der Waals surface area contributed by atoms with Crippen LogP contribution in [0.5, 0.6) is 0 Å². The van der Waals surface area contributed by atoms with Gasteiger partial charge < -0.3 is 19.3 Å². The van der Waals surface area contributed by atoms with Crippen LogP contribution in [0.25, 0.3) is 5.20 Å². The Bertz CT molecular complexity index is 153. The zero-order valence-electron chi connectivity index (χ0n) is 7.98. The second-order valence-electron chi connectivity index (χ2n) is 2.24. The second-order valence-corrected chi connectivity index (χ2v) is 3.87. The van der Waals surface area contributed by atoms with Crippen LogP contribution in [0.2, 0.25) is 0 Å². The first-order valence-electron chi connectivity index (χ1n) is 3.83. The van der Waals surface area contributed by atoms with Crippen LogP contribution >= 0.6 is 7.75 Å². The van der Waals surface area contributed by atoms with Gasteiger partial charge in [0.25, 0.3) is 7.75 Å². The van der Waals surface area contributed by atoms with E-state index in [2.05, 4.69) is 5.20 Å². The molecule has 0 radical (unpaired) electrons. The summed E-state index contributed by atoms with van der Waals surface area (Å²) in [5.74, 6) is 0. The zero-order valence-corrected chi connectivity index (χ0v) is 8.88. The Labute approximate surface area is 73.6 Å². The van der Waals surface area contributed by atoms with Gasteiger partial charge in [-0.25, -0.2) is 0 Å². The molecule has 0 aliphatic heterocycles. The number of rotatable bonds is 6. The minimum absolute atomic E-state index is 0.328. The molecule has 0 rings (SSSR count). The molecule has 6 heteroatoms. The van der Waals surface area contributed by atoms with E-state index in [1.54, 1.807) is 27.9 Å². The molecular formula is C6H16N2O3P-. The van der Waals surface area contributed by atoms with Crippen molar-refractivity contribution in [2.45, 2.75) is 13.8 Å². The molecule has 74 valence electrons. The van der Waals surface area contributed by atoms with Crippen molar-refractivity contribution in [1.29, 1.82) is 0 Å². The van der Waals surface area contributed by atoms with Crippen LogP contribution in [0.15, 0.2) is 0 Å². The van der Waals surface area contributed by atoms with Crippen molar-refractivity contribution >= 4 is 7.75 Å². The SMILES string of the molecule is CCOP(=O)([N-]N(C)C)OCC. The van der Waals surface area contributed by atoms with E-state index in [1.165, 1.54) is 5.01 Å². The molecule has 0 fully saturated rings. The quantitative estimate of drug-likeness (QED) is 0.480. The Morgan fingerprint density at radius 3 is 1.92 bits per heavy atom. The van der Waals surface area contributed by atoms with E-state index in [4.69, 9.17) is 9.05 Å². The summed E-state index contributed by atoms with van der Waals surface area (Å²) < 4.78 is 21.4. The molecule has 0 N–H and O–H groups in total. The lowest BCUT2D eigenvalue weighted by atomic mass is 10.9. The molecule has 0 aromatic heterocycles. The van der Waals surface area contributed by atoms with Crippen molar-refractivity contribution in [2.75, 3.05) is 27.3 Å². The lowest BCUT2D eigenvalue weighted by molar-refractivity contribution is 0.219. The summed E-state index contributed by atoms with van der Waals surface area (Å²) in [6.45, 7) is 4.15. The first kappa shape index (κ1) is 12.1. The minimum Gasteiger partial charge on any atom is -0.488 e. The Morgan fingerprint density at radius 2 is 1.67 bits per heavy atom. The maximum absolute atomic E-state index is 11.6. The summed E-state index contributed by atoms with van der Waals surface area (Å²) in [6.07, 6.45) is 0. The first-order valence-corrected chi connectivity index (χ1v) is 5.33. The Morgan fingerprint density at radius 1 is 1.25 bits per heavy atom. The van der Waals surface area contributed by atoms with Crippen LogP contribution in [-0.4, -0.2) is 32.3 Å². The predicted molar refractivity (Wildman–Crippen MR) is 47.9 cm³/mol. The van der Waals surface area contributed by atoms with Crippen molar-refractivity contribution in [1.82, 2.24) is 5.01 Å². The zero-order chi connectivity index (χ0) is 9.61. The molecule has 0 unspecified atom stereocenters. The topological polar surface area (TPSA) is 52.9 Å². The Balaban J connectivity index is 4.08. The number of hydrogen-bond donors (Lipinski definition) is 0. The molecule has 0 amide bonds. The number of hydrogen-bond acceptors (Lipinski definition) is 4. The predicted octanol–water partition coefficient (Wildman–Crippen LogP) is 2.02. The van der Waals surface area contributed by atoms with E-state index in [1.807, 2.05) is 0 Å². The van der Waals surface area contributed by atoms with Gasteiger partial charge in [0.15, 0.2) is 0 Å². The van der Waals surface area contributed by atoms with Gasteiger partial charge in [0.2, 0.25) is 0 Å². The van der Waals surface area contributed by atoms with E-state index < -0.39 is 7.75 Å². The van der Waals surface area contributed by atoms with Gasteiger partial charge in [-0.05, 0) is 27.9 Å². The molecule has 0 atom stereocenters. The van der Waals surface area contributed by atoms with E-state index in [-0.39, 0.29) is 0 Å². The highest BCUT2D eigenvalue weighted by Gasteiger charge is 2.10.